The monoisotopic (exact) mass is 311 g/mol. The molecule has 1 N–H and O–H groups in total. The lowest BCUT2D eigenvalue weighted by Crippen LogP contribution is -2.32. The molecule has 0 unspecified atom stereocenters. The summed E-state index contributed by atoms with van der Waals surface area (Å²) in [6.45, 7) is 8.44. The summed E-state index contributed by atoms with van der Waals surface area (Å²) in [5, 5.41) is 2.93. The third kappa shape index (κ3) is 4.85. The Hall–Kier alpha value is -2.29. The second-order valence-corrected chi connectivity index (χ2v) is 6.64. The van der Waals surface area contributed by atoms with Crippen molar-refractivity contribution in [2.24, 2.45) is 0 Å². The highest BCUT2D eigenvalue weighted by Crippen LogP contribution is 2.23. The van der Waals surface area contributed by atoms with Gasteiger partial charge in [0.05, 0.1) is 0 Å². The summed E-state index contributed by atoms with van der Waals surface area (Å²) >= 11 is 0. The van der Waals surface area contributed by atoms with Crippen molar-refractivity contribution in [3.05, 3.63) is 60.2 Å². The van der Waals surface area contributed by atoms with Gasteiger partial charge < -0.3 is 10.1 Å². The summed E-state index contributed by atoms with van der Waals surface area (Å²) in [6.07, 6.45) is 0.112. The van der Waals surface area contributed by atoms with Crippen LogP contribution in [-0.4, -0.2) is 12.0 Å². The lowest BCUT2D eigenvalue weighted by Gasteiger charge is -2.20. The average Bonchev–Trinajstić information content (AvgIpc) is 2.53. The molecule has 0 bridgehead atoms. The number of anilines is 1. The van der Waals surface area contributed by atoms with Crippen LogP contribution in [0, 0.1) is 0 Å². The van der Waals surface area contributed by atoms with Gasteiger partial charge in [0.1, 0.15) is 5.75 Å². The Morgan fingerprint density at radius 1 is 1.04 bits per heavy atom. The minimum Gasteiger partial charge on any atom is -0.481 e. The fourth-order valence-corrected chi connectivity index (χ4v) is 2.26. The molecule has 0 aliphatic carbocycles. The van der Waals surface area contributed by atoms with Crippen LogP contribution in [0.3, 0.4) is 0 Å². The number of nitrogens with one attached hydrogen (secondary N) is 1. The van der Waals surface area contributed by atoms with Gasteiger partial charge in [0.2, 0.25) is 0 Å². The third-order valence-electron chi connectivity index (χ3n) is 3.70. The first-order valence-electron chi connectivity index (χ1n) is 8.03. The molecule has 122 valence electrons. The molecule has 0 heterocycles. The average molecular weight is 311 g/mol. The van der Waals surface area contributed by atoms with Crippen LogP contribution in [0.4, 0.5) is 5.69 Å². The van der Waals surface area contributed by atoms with Gasteiger partial charge in [-0.15, -0.1) is 0 Å². The zero-order valence-corrected chi connectivity index (χ0v) is 14.3. The largest absolute Gasteiger partial charge is 0.481 e. The maximum absolute atomic E-state index is 12.4. The Bertz CT molecular complexity index is 627. The molecule has 0 spiro atoms. The first-order valence-corrected chi connectivity index (χ1v) is 8.03. The molecule has 0 radical (unpaired) electrons. The molecule has 2 aromatic carbocycles. The van der Waals surface area contributed by atoms with E-state index in [2.05, 4.69) is 38.2 Å². The van der Waals surface area contributed by atoms with Crippen molar-refractivity contribution >= 4 is 11.6 Å². The molecule has 0 saturated carbocycles. The minimum atomic E-state index is -0.500. The molecule has 0 aromatic heterocycles. The van der Waals surface area contributed by atoms with Gasteiger partial charge in [0, 0.05) is 5.69 Å². The molecule has 2 aromatic rings. The topological polar surface area (TPSA) is 38.3 Å². The highest BCUT2D eigenvalue weighted by Gasteiger charge is 2.19. The van der Waals surface area contributed by atoms with Gasteiger partial charge in [-0.05, 0) is 41.7 Å². The van der Waals surface area contributed by atoms with Gasteiger partial charge in [-0.25, -0.2) is 0 Å². The van der Waals surface area contributed by atoms with Crippen molar-refractivity contribution in [1.29, 1.82) is 0 Å². The smallest absolute Gasteiger partial charge is 0.265 e. The first kappa shape index (κ1) is 17.1. The van der Waals surface area contributed by atoms with Gasteiger partial charge in [0.15, 0.2) is 6.10 Å². The van der Waals surface area contributed by atoms with E-state index in [1.54, 1.807) is 0 Å². The third-order valence-corrected chi connectivity index (χ3v) is 3.70. The van der Waals surface area contributed by atoms with E-state index >= 15 is 0 Å². The summed E-state index contributed by atoms with van der Waals surface area (Å²) in [4.78, 5) is 12.4. The number of carbonyl (C=O) groups is 1. The zero-order valence-electron chi connectivity index (χ0n) is 14.3. The minimum absolute atomic E-state index is 0.102. The molecule has 1 atom stereocenters. The molecule has 0 fully saturated rings. The van der Waals surface area contributed by atoms with E-state index < -0.39 is 6.10 Å². The standard InChI is InChI=1S/C20H25NO2/c1-5-18(23-17-9-7-6-8-10-17)19(22)21-16-13-11-15(12-14-16)20(2,3)4/h6-14,18H,5H2,1-4H3,(H,21,22)/t18-/m0/s1. The predicted octanol–water partition coefficient (Wildman–Crippen LogP) is 4.78. The van der Waals surface area contributed by atoms with Crippen LogP contribution in [0.5, 0.6) is 5.75 Å². The molecule has 23 heavy (non-hydrogen) atoms. The van der Waals surface area contributed by atoms with E-state index in [1.165, 1.54) is 5.56 Å². The van der Waals surface area contributed by atoms with E-state index in [1.807, 2.05) is 49.4 Å². The number of rotatable bonds is 5. The van der Waals surface area contributed by atoms with Gasteiger partial charge in [-0.1, -0.05) is 58.0 Å². The summed E-state index contributed by atoms with van der Waals surface area (Å²) in [6, 6.07) is 17.4. The summed E-state index contributed by atoms with van der Waals surface area (Å²) in [7, 11) is 0. The van der Waals surface area contributed by atoms with Crippen LogP contribution in [0.25, 0.3) is 0 Å². The molecular formula is C20H25NO2. The van der Waals surface area contributed by atoms with E-state index in [-0.39, 0.29) is 11.3 Å². The van der Waals surface area contributed by atoms with Crippen molar-refractivity contribution in [1.82, 2.24) is 0 Å². The molecule has 0 aliphatic heterocycles. The number of benzene rings is 2. The normalized spacial score (nSPS) is 12.5. The number of carbonyl (C=O) groups excluding carboxylic acids is 1. The second kappa shape index (κ2) is 7.32. The molecule has 2 rings (SSSR count). The zero-order chi connectivity index (χ0) is 16.9. The van der Waals surface area contributed by atoms with E-state index in [0.717, 1.165) is 5.69 Å². The van der Waals surface area contributed by atoms with Crippen LogP contribution >= 0.6 is 0 Å². The fourth-order valence-electron chi connectivity index (χ4n) is 2.26. The van der Waals surface area contributed by atoms with Gasteiger partial charge in [0.25, 0.3) is 5.91 Å². The van der Waals surface area contributed by atoms with Crippen LogP contribution < -0.4 is 10.1 Å². The van der Waals surface area contributed by atoms with Gasteiger partial charge in [-0.3, -0.25) is 4.79 Å². The number of hydrogen-bond donors (Lipinski definition) is 1. The van der Waals surface area contributed by atoms with Gasteiger partial charge in [-0.2, -0.15) is 0 Å². The fraction of sp³-hybridized carbons (Fsp3) is 0.350. The highest BCUT2D eigenvalue weighted by atomic mass is 16.5. The molecule has 3 heteroatoms. The first-order chi connectivity index (χ1) is 10.9. The van der Waals surface area contributed by atoms with Crippen LogP contribution in [0.1, 0.15) is 39.7 Å². The Morgan fingerprint density at radius 3 is 2.17 bits per heavy atom. The maximum Gasteiger partial charge on any atom is 0.265 e. The maximum atomic E-state index is 12.4. The Balaban J connectivity index is 2.02. The van der Waals surface area contributed by atoms with E-state index in [9.17, 15) is 4.79 Å². The summed E-state index contributed by atoms with van der Waals surface area (Å²) < 4.78 is 5.76. The Morgan fingerprint density at radius 2 is 1.65 bits per heavy atom. The number of ether oxygens (including phenoxy) is 1. The number of hydrogen-bond acceptors (Lipinski definition) is 2. The van der Waals surface area contributed by atoms with E-state index in [0.29, 0.717) is 12.2 Å². The molecule has 0 saturated heterocycles. The SMILES string of the molecule is CC[C@H](Oc1ccccc1)C(=O)Nc1ccc(C(C)(C)C)cc1. The number of amides is 1. The summed E-state index contributed by atoms with van der Waals surface area (Å²) in [5.41, 5.74) is 2.13. The second-order valence-electron chi connectivity index (χ2n) is 6.64. The van der Waals surface area contributed by atoms with Crippen molar-refractivity contribution < 1.29 is 9.53 Å². The van der Waals surface area contributed by atoms with Crippen molar-refractivity contribution in [2.45, 2.75) is 45.6 Å². The van der Waals surface area contributed by atoms with Crippen LogP contribution in [0.2, 0.25) is 0 Å². The molecule has 0 aliphatic rings. The van der Waals surface area contributed by atoms with Crippen LogP contribution in [0.15, 0.2) is 54.6 Å². The Labute approximate surface area is 138 Å². The molecule has 1 amide bonds. The summed E-state index contributed by atoms with van der Waals surface area (Å²) in [5.74, 6) is 0.581. The van der Waals surface area contributed by atoms with Crippen molar-refractivity contribution in [3.8, 4) is 5.75 Å². The van der Waals surface area contributed by atoms with Crippen molar-refractivity contribution in [3.63, 3.8) is 0 Å². The number of para-hydroxylation sites is 1. The van der Waals surface area contributed by atoms with Gasteiger partial charge >= 0.3 is 0 Å². The lowest BCUT2D eigenvalue weighted by atomic mass is 9.87. The molecule has 3 nitrogen and oxygen atoms in total. The predicted molar refractivity (Wildman–Crippen MR) is 94.9 cm³/mol. The lowest BCUT2D eigenvalue weighted by molar-refractivity contribution is -0.122. The van der Waals surface area contributed by atoms with Crippen LogP contribution in [-0.2, 0) is 10.2 Å². The molecular weight excluding hydrogens is 286 g/mol. The highest BCUT2D eigenvalue weighted by molar-refractivity contribution is 5.94. The Kier molecular flexibility index (Phi) is 5.43. The van der Waals surface area contributed by atoms with E-state index in [4.69, 9.17) is 4.74 Å². The van der Waals surface area contributed by atoms with Crippen molar-refractivity contribution in [2.75, 3.05) is 5.32 Å². The quantitative estimate of drug-likeness (QED) is 0.863.